The van der Waals surface area contributed by atoms with Gasteiger partial charge in [-0.25, -0.2) is 0 Å². The lowest BCUT2D eigenvalue weighted by molar-refractivity contribution is -0.384. The van der Waals surface area contributed by atoms with Gasteiger partial charge >= 0.3 is 0 Å². The summed E-state index contributed by atoms with van der Waals surface area (Å²) in [6, 6.07) is 13.1. The molecule has 0 unspecified atom stereocenters. The van der Waals surface area contributed by atoms with E-state index < -0.39 is 4.92 Å². The van der Waals surface area contributed by atoms with E-state index in [1.165, 1.54) is 12.1 Å². The van der Waals surface area contributed by atoms with Crippen LogP contribution in [0.4, 0.5) is 5.69 Å². The van der Waals surface area contributed by atoms with E-state index in [1.807, 2.05) is 0 Å². The van der Waals surface area contributed by atoms with Gasteiger partial charge in [-0.3, -0.25) is 14.9 Å². The van der Waals surface area contributed by atoms with Gasteiger partial charge in [0.25, 0.3) is 11.6 Å². The number of rotatable bonds is 7. The number of nitro groups is 1. The fourth-order valence-corrected chi connectivity index (χ4v) is 2.12. The first-order chi connectivity index (χ1) is 11.1. The van der Waals surface area contributed by atoms with Gasteiger partial charge in [0.2, 0.25) is 0 Å². The Kier molecular flexibility index (Phi) is 6.10. The van der Waals surface area contributed by atoms with E-state index in [4.69, 9.17) is 4.74 Å². The second-order valence-electron chi connectivity index (χ2n) is 4.72. The van der Waals surface area contributed by atoms with Gasteiger partial charge in [0.1, 0.15) is 5.75 Å². The van der Waals surface area contributed by atoms with Crippen molar-refractivity contribution in [3.63, 3.8) is 0 Å². The van der Waals surface area contributed by atoms with E-state index in [0.29, 0.717) is 30.9 Å². The van der Waals surface area contributed by atoms with Crippen molar-refractivity contribution in [1.29, 1.82) is 0 Å². The molecule has 0 atom stereocenters. The Morgan fingerprint density at radius 3 is 2.65 bits per heavy atom. The highest BCUT2D eigenvalue weighted by molar-refractivity contribution is 9.10. The maximum absolute atomic E-state index is 11.9. The number of ether oxygens (including phenoxy) is 1. The lowest BCUT2D eigenvalue weighted by atomic mass is 10.2. The normalized spacial score (nSPS) is 10.1. The summed E-state index contributed by atoms with van der Waals surface area (Å²) >= 11 is 3.31. The smallest absolute Gasteiger partial charge is 0.273 e. The van der Waals surface area contributed by atoms with Gasteiger partial charge in [-0.2, -0.15) is 0 Å². The second kappa shape index (κ2) is 8.28. The first kappa shape index (κ1) is 17.0. The van der Waals surface area contributed by atoms with Gasteiger partial charge in [-0.15, -0.1) is 0 Å². The molecule has 7 heteroatoms. The summed E-state index contributed by atoms with van der Waals surface area (Å²) in [6.45, 7) is 0.825. The van der Waals surface area contributed by atoms with Crippen molar-refractivity contribution >= 4 is 27.5 Å². The van der Waals surface area contributed by atoms with Crippen LogP contribution < -0.4 is 10.1 Å². The van der Waals surface area contributed by atoms with E-state index >= 15 is 0 Å². The van der Waals surface area contributed by atoms with Crippen molar-refractivity contribution < 1.29 is 14.5 Å². The van der Waals surface area contributed by atoms with Crippen LogP contribution in [0.5, 0.6) is 5.75 Å². The molecule has 0 radical (unpaired) electrons. The standard InChI is InChI=1S/C16H15BrN2O4/c17-13-7-5-12(6-8-13)16(20)18-9-2-10-23-15-4-1-3-14(11-15)19(21)22/h1,3-8,11H,2,9-10H2,(H,18,20). The van der Waals surface area contributed by atoms with E-state index in [0.717, 1.165) is 4.47 Å². The number of nitrogens with zero attached hydrogens (tertiary/aromatic N) is 1. The summed E-state index contributed by atoms with van der Waals surface area (Å²) in [4.78, 5) is 22.1. The lowest BCUT2D eigenvalue weighted by Crippen LogP contribution is -2.25. The molecule has 0 aliphatic carbocycles. The molecule has 2 aromatic rings. The van der Waals surface area contributed by atoms with Crippen LogP contribution in [0.3, 0.4) is 0 Å². The highest BCUT2D eigenvalue weighted by Crippen LogP contribution is 2.19. The molecule has 2 rings (SSSR count). The zero-order valence-corrected chi connectivity index (χ0v) is 13.8. The molecule has 0 fully saturated rings. The molecule has 0 spiro atoms. The Morgan fingerprint density at radius 1 is 1.22 bits per heavy atom. The van der Waals surface area contributed by atoms with Crippen molar-refractivity contribution in [2.45, 2.75) is 6.42 Å². The second-order valence-corrected chi connectivity index (χ2v) is 5.63. The number of carbonyl (C=O) groups is 1. The average molecular weight is 379 g/mol. The molecule has 0 aliphatic heterocycles. The van der Waals surface area contributed by atoms with E-state index in [2.05, 4.69) is 21.2 Å². The Morgan fingerprint density at radius 2 is 1.96 bits per heavy atom. The van der Waals surface area contributed by atoms with Gasteiger partial charge in [-0.1, -0.05) is 22.0 Å². The first-order valence-electron chi connectivity index (χ1n) is 6.97. The van der Waals surface area contributed by atoms with Crippen molar-refractivity contribution in [3.8, 4) is 5.75 Å². The van der Waals surface area contributed by atoms with Crippen LogP contribution in [0.1, 0.15) is 16.8 Å². The number of amides is 1. The predicted molar refractivity (Wildman–Crippen MR) is 89.7 cm³/mol. The molecule has 2 aromatic carbocycles. The zero-order valence-electron chi connectivity index (χ0n) is 12.2. The third kappa shape index (κ3) is 5.37. The predicted octanol–water partition coefficient (Wildman–Crippen LogP) is 3.56. The molecule has 1 amide bonds. The highest BCUT2D eigenvalue weighted by atomic mass is 79.9. The number of nitro benzene ring substituents is 1. The van der Waals surface area contributed by atoms with E-state index in [1.54, 1.807) is 36.4 Å². The summed E-state index contributed by atoms with van der Waals surface area (Å²) in [6.07, 6.45) is 0.602. The molecular formula is C16H15BrN2O4. The maximum Gasteiger partial charge on any atom is 0.273 e. The van der Waals surface area contributed by atoms with Crippen molar-refractivity contribution in [2.24, 2.45) is 0 Å². The molecule has 1 N–H and O–H groups in total. The molecule has 0 saturated carbocycles. The molecular weight excluding hydrogens is 364 g/mol. The number of hydrogen-bond donors (Lipinski definition) is 1. The van der Waals surface area contributed by atoms with Gasteiger partial charge in [0, 0.05) is 22.6 Å². The van der Waals surface area contributed by atoms with Crippen LogP contribution in [0.15, 0.2) is 53.0 Å². The van der Waals surface area contributed by atoms with Crippen LogP contribution in [0.25, 0.3) is 0 Å². The monoisotopic (exact) mass is 378 g/mol. The third-order valence-corrected chi connectivity index (χ3v) is 3.54. The minimum absolute atomic E-state index is 0.00830. The summed E-state index contributed by atoms with van der Waals surface area (Å²) in [5, 5.41) is 13.5. The van der Waals surface area contributed by atoms with Gasteiger partial charge in [-0.05, 0) is 36.8 Å². The molecule has 0 saturated heterocycles. The number of carbonyl (C=O) groups excluding carboxylic acids is 1. The van der Waals surface area contributed by atoms with Crippen LogP contribution in [-0.4, -0.2) is 24.0 Å². The number of halogens is 1. The number of non-ortho nitro benzene ring substituents is 1. The highest BCUT2D eigenvalue weighted by Gasteiger charge is 2.07. The molecule has 23 heavy (non-hydrogen) atoms. The SMILES string of the molecule is O=C(NCCCOc1cccc([N+](=O)[O-])c1)c1ccc(Br)cc1. The minimum atomic E-state index is -0.467. The maximum atomic E-state index is 11.9. The lowest BCUT2D eigenvalue weighted by Gasteiger charge is -2.07. The van der Waals surface area contributed by atoms with E-state index in [-0.39, 0.29) is 11.6 Å². The number of benzene rings is 2. The fraction of sp³-hybridized carbons (Fsp3) is 0.188. The van der Waals surface area contributed by atoms with Gasteiger partial charge < -0.3 is 10.1 Å². The molecule has 120 valence electrons. The summed E-state index contributed by atoms with van der Waals surface area (Å²) < 4.78 is 6.35. The van der Waals surface area contributed by atoms with Gasteiger partial charge in [0.05, 0.1) is 17.6 Å². The Bertz CT molecular complexity index is 689. The molecule has 0 aliphatic rings. The van der Waals surface area contributed by atoms with Crippen LogP contribution in [0.2, 0.25) is 0 Å². The van der Waals surface area contributed by atoms with Crippen LogP contribution in [-0.2, 0) is 0 Å². The minimum Gasteiger partial charge on any atom is -0.493 e. The molecule has 6 nitrogen and oxygen atoms in total. The molecule has 0 heterocycles. The Balaban J connectivity index is 1.71. The van der Waals surface area contributed by atoms with Crippen molar-refractivity contribution in [2.75, 3.05) is 13.2 Å². The van der Waals surface area contributed by atoms with Crippen molar-refractivity contribution in [3.05, 3.63) is 68.7 Å². The molecule has 0 bridgehead atoms. The molecule has 0 aromatic heterocycles. The summed E-state index contributed by atoms with van der Waals surface area (Å²) in [5.74, 6) is 0.297. The summed E-state index contributed by atoms with van der Waals surface area (Å²) in [5.41, 5.74) is 0.582. The first-order valence-corrected chi connectivity index (χ1v) is 7.76. The Hall–Kier alpha value is -2.41. The van der Waals surface area contributed by atoms with Crippen LogP contribution in [0, 0.1) is 10.1 Å². The van der Waals surface area contributed by atoms with Gasteiger partial charge in [0.15, 0.2) is 0 Å². The van der Waals surface area contributed by atoms with E-state index in [9.17, 15) is 14.9 Å². The fourth-order valence-electron chi connectivity index (χ4n) is 1.85. The largest absolute Gasteiger partial charge is 0.493 e. The topological polar surface area (TPSA) is 81.5 Å². The van der Waals surface area contributed by atoms with Crippen LogP contribution >= 0.6 is 15.9 Å². The third-order valence-electron chi connectivity index (χ3n) is 3.01. The Labute approximate surface area is 141 Å². The number of hydrogen-bond acceptors (Lipinski definition) is 4. The number of nitrogens with one attached hydrogen (secondary N) is 1. The quantitative estimate of drug-likeness (QED) is 0.453. The zero-order chi connectivity index (χ0) is 16.7. The average Bonchev–Trinajstić information content (AvgIpc) is 2.55. The van der Waals surface area contributed by atoms with Crippen molar-refractivity contribution in [1.82, 2.24) is 5.32 Å². The summed E-state index contributed by atoms with van der Waals surface area (Å²) in [7, 11) is 0.